The molecule has 1 aliphatic carbocycles. The summed E-state index contributed by atoms with van der Waals surface area (Å²) >= 11 is 1.63. The summed E-state index contributed by atoms with van der Waals surface area (Å²) < 4.78 is 5.19. The molecular weight excluding hydrogens is 222 g/mol. The fourth-order valence-corrected chi connectivity index (χ4v) is 2.52. The molecule has 5 heteroatoms. The summed E-state index contributed by atoms with van der Waals surface area (Å²) in [6.07, 6.45) is 0.848. The van der Waals surface area contributed by atoms with Crippen LogP contribution in [0.1, 0.15) is 23.8 Å². The summed E-state index contributed by atoms with van der Waals surface area (Å²) in [6.45, 7) is 2.02. The van der Waals surface area contributed by atoms with Gasteiger partial charge in [-0.3, -0.25) is 0 Å². The number of aryl methyl sites for hydroxylation is 1. The van der Waals surface area contributed by atoms with Gasteiger partial charge in [0.2, 0.25) is 11.7 Å². The van der Waals surface area contributed by atoms with E-state index < -0.39 is 0 Å². The van der Waals surface area contributed by atoms with E-state index in [0.717, 1.165) is 17.5 Å². The van der Waals surface area contributed by atoms with Gasteiger partial charge in [0.1, 0.15) is 0 Å². The predicted octanol–water partition coefficient (Wildman–Crippen LogP) is 2.73. The molecule has 1 fully saturated rings. The van der Waals surface area contributed by atoms with Crippen LogP contribution in [-0.2, 0) is 0 Å². The smallest absolute Gasteiger partial charge is 0.231 e. The maximum absolute atomic E-state index is 8.73. The summed E-state index contributed by atoms with van der Waals surface area (Å²) in [5, 5.41) is 16.8. The zero-order valence-corrected chi connectivity index (χ0v) is 9.49. The van der Waals surface area contributed by atoms with Crippen molar-refractivity contribution in [2.45, 2.75) is 19.3 Å². The van der Waals surface area contributed by atoms with Crippen LogP contribution < -0.4 is 0 Å². The maximum Gasteiger partial charge on any atom is 0.231 e. The van der Waals surface area contributed by atoms with Gasteiger partial charge in [-0.1, -0.05) is 5.16 Å². The first-order valence-corrected chi connectivity index (χ1v) is 6.00. The molecule has 0 N–H and O–H groups in total. The van der Waals surface area contributed by atoms with E-state index >= 15 is 0 Å². The van der Waals surface area contributed by atoms with E-state index in [4.69, 9.17) is 9.78 Å². The third-order valence-corrected chi connectivity index (χ3v) is 3.67. The summed E-state index contributed by atoms with van der Waals surface area (Å²) in [5.74, 6) is 1.46. The molecule has 0 bridgehead atoms. The number of hydrogen-bond donors (Lipinski definition) is 0. The summed E-state index contributed by atoms with van der Waals surface area (Å²) in [5.41, 5.74) is 2.18. The molecule has 16 heavy (non-hydrogen) atoms. The molecule has 4 nitrogen and oxygen atoms in total. The van der Waals surface area contributed by atoms with Gasteiger partial charge in [-0.2, -0.15) is 21.6 Å². The molecule has 0 amide bonds. The lowest BCUT2D eigenvalue weighted by Crippen LogP contribution is -1.83. The Labute approximate surface area is 96.5 Å². The summed E-state index contributed by atoms with van der Waals surface area (Å²) in [4.78, 5) is 4.35. The van der Waals surface area contributed by atoms with Crippen molar-refractivity contribution in [1.29, 1.82) is 5.26 Å². The minimum Gasteiger partial charge on any atom is -0.339 e. The van der Waals surface area contributed by atoms with E-state index in [9.17, 15) is 0 Å². The molecule has 2 heterocycles. The highest BCUT2D eigenvalue weighted by Gasteiger charge is 2.43. The van der Waals surface area contributed by atoms with Crippen molar-refractivity contribution in [3.05, 3.63) is 22.2 Å². The Morgan fingerprint density at radius 1 is 1.56 bits per heavy atom. The Morgan fingerprint density at radius 3 is 3.06 bits per heavy atom. The van der Waals surface area contributed by atoms with Crippen LogP contribution in [0.25, 0.3) is 11.4 Å². The predicted molar refractivity (Wildman–Crippen MR) is 58.8 cm³/mol. The van der Waals surface area contributed by atoms with E-state index in [-0.39, 0.29) is 11.8 Å². The highest BCUT2D eigenvalue weighted by Crippen LogP contribution is 2.46. The first-order chi connectivity index (χ1) is 7.79. The van der Waals surface area contributed by atoms with Crippen molar-refractivity contribution in [2.75, 3.05) is 0 Å². The third kappa shape index (κ3) is 1.42. The van der Waals surface area contributed by atoms with Crippen LogP contribution in [0.15, 0.2) is 15.3 Å². The lowest BCUT2D eigenvalue weighted by Gasteiger charge is -1.88. The first kappa shape index (κ1) is 9.55. The van der Waals surface area contributed by atoms with Crippen LogP contribution in [0.2, 0.25) is 0 Å². The molecule has 0 spiro atoms. The molecule has 0 saturated heterocycles. The Balaban J connectivity index is 1.90. The Hall–Kier alpha value is -1.67. The lowest BCUT2D eigenvalue weighted by molar-refractivity contribution is 0.378. The Kier molecular flexibility index (Phi) is 2.04. The normalized spacial score (nSPS) is 23.0. The monoisotopic (exact) mass is 231 g/mol. The van der Waals surface area contributed by atoms with Crippen molar-refractivity contribution >= 4 is 11.3 Å². The maximum atomic E-state index is 8.73. The largest absolute Gasteiger partial charge is 0.339 e. The van der Waals surface area contributed by atoms with Crippen LogP contribution in [-0.4, -0.2) is 10.1 Å². The van der Waals surface area contributed by atoms with Gasteiger partial charge in [-0.25, -0.2) is 0 Å². The lowest BCUT2D eigenvalue weighted by atomic mass is 10.2. The second-order valence-corrected chi connectivity index (χ2v) is 4.75. The molecule has 0 radical (unpaired) electrons. The molecule has 1 saturated carbocycles. The highest BCUT2D eigenvalue weighted by atomic mass is 32.1. The standard InChI is InChI=1S/C11H9N3OS/c1-6-4-16-5-9(6)10-13-11(15-14-10)8-2-7(8)3-12/h4-5,7-8H,2H2,1H3. The molecule has 2 aromatic rings. The molecule has 3 rings (SSSR count). The quantitative estimate of drug-likeness (QED) is 0.797. The SMILES string of the molecule is Cc1cscc1-c1noc(C2CC2C#N)n1. The van der Waals surface area contributed by atoms with E-state index in [0.29, 0.717) is 11.7 Å². The van der Waals surface area contributed by atoms with Gasteiger partial charge >= 0.3 is 0 Å². The third-order valence-electron chi connectivity index (χ3n) is 2.81. The fourth-order valence-electron chi connectivity index (χ4n) is 1.70. The second-order valence-electron chi connectivity index (χ2n) is 4.00. The second kappa shape index (κ2) is 3.42. The molecular formula is C11H9N3OS. The van der Waals surface area contributed by atoms with Crippen LogP contribution in [0.4, 0.5) is 0 Å². The molecule has 80 valence electrons. The van der Waals surface area contributed by atoms with Crippen molar-refractivity contribution in [3.8, 4) is 17.5 Å². The van der Waals surface area contributed by atoms with Gasteiger partial charge in [0.25, 0.3) is 0 Å². The Morgan fingerprint density at radius 2 is 2.44 bits per heavy atom. The molecule has 2 unspecified atom stereocenters. The number of nitriles is 1. The van der Waals surface area contributed by atoms with E-state index in [1.807, 2.05) is 12.3 Å². The van der Waals surface area contributed by atoms with E-state index in [1.165, 1.54) is 0 Å². The molecule has 0 aliphatic heterocycles. The van der Waals surface area contributed by atoms with E-state index in [1.54, 1.807) is 11.3 Å². The summed E-state index contributed by atoms with van der Waals surface area (Å²) in [6, 6.07) is 2.22. The first-order valence-electron chi connectivity index (χ1n) is 5.06. The van der Waals surface area contributed by atoms with Crippen LogP contribution >= 0.6 is 11.3 Å². The number of hydrogen-bond acceptors (Lipinski definition) is 5. The molecule has 2 aromatic heterocycles. The van der Waals surface area contributed by atoms with Crippen LogP contribution in [0.3, 0.4) is 0 Å². The average molecular weight is 231 g/mol. The van der Waals surface area contributed by atoms with Gasteiger partial charge in [0.15, 0.2) is 0 Å². The van der Waals surface area contributed by atoms with Gasteiger partial charge < -0.3 is 4.52 Å². The average Bonchev–Trinajstić information content (AvgIpc) is 2.70. The van der Waals surface area contributed by atoms with Crippen LogP contribution in [0.5, 0.6) is 0 Å². The van der Waals surface area contributed by atoms with Crippen molar-refractivity contribution in [2.24, 2.45) is 5.92 Å². The summed E-state index contributed by atoms with van der Waals surface area (Å²) in [7, 11) is 0. The van der Waals surface area contributed by atoms with Crippen molar-refractivity contribution in [3.63, 3.8) is 0 Å². The minimum absolute atomic E-state index is 0.0665. The zero-order chi connectivity index (χ0) is 11.1. The number of rotatable bonds is 2. The Bertz CT molecular complexity index is 566. The molecule has 2 atom stereocenters. The topological polar surface area (TPSA) is 62.7 Å². The zero-order valence-electron chi connectivity index (χ0n) is 8.67. The number of thiophene rings is 1. The van der Waals surface area contributed by atoms with Gasteiger partial charge in [-0.15, -0.1) is 0 Å². The minimum atomic E-state index is 0.0665. The van der Waals surface area contributed by atoms with Gasteiger partial charge in [0.05, 0.1) is 17.9 Å². The molecule has 0 aromatic carbocycles. The van der Waals surface area contributed by atoms with E-state index in [2.05, 4.69) is 21.6 Å². The highest BCUT2D eigenvalue weighted by molar-refractivity contribution is 7.08. The van der Waals surface area contributed by atoms with Crippen molar-refractivity contribution in [1.82, 2.24) is 10.1 Å². The van der Waals surface area contributed by atoms with Gasteiger partial charge in [0, 0.05) is 10.9 Å². The number of nitrogens with zero attached hydrogens (tertiary/aromatic N) is 3. The van der Waals surface area contributed by atoms with Crippen LogP contribution in [0, 0.1) is 24.2 Å². The van der Waals surface area contributed by atoms with Crippen molar-refractivity contribution < 1.29 is 4.52 Å². The number of aromatic nitrogens is 2. The van der Waals surface area contributed by atoms with Gasteiger partial charge in [-0.05, 0) is 24.3 Å². The fraction of sp³-hybridized carbons (Fsp3) is 0.364. The molecule has 1 aliphatic rings.